The quantitative estimate of drug-likeness (QED) is 0.806. The third kappa shape index (κ3) is 3.19. The van der Waals surface area contributed by atoms with Crippen molar-refractivity contribution in [2.24, 2.45) is 40.9 Å². The van der Waals surface area contributed by atoms with E-state index in [1.807, 2.05) is 19.2 Å². The molecule has 4 fully saturated rings. The van der Waals surface area contributed by atoms with Crippen molar-refractivity contribution in [1.82, 2.24) is 9.78 Å². The van der Waals surface area contributed by atoms with Crippen molar-refractivity contribution >= 4 is 5.78 Å². The van der Waals surface area contributed by atoms with E-state index in [4.69, 9.17) is 4.74 Å². The Balaban J connectivity index is 1.33. The van der Waals surface area contributed by atoms with Crippen molar-refractivity contribution in [3.8, 4) is 0 Å². The van der Waals surface area contributed by atoms with E-state index < -0.39 is 5.60 Å². The van der Waals surface area contributed by atoms with Gasteiger partial charge in [0.05, 0.1) is 18.2 Å². The lowest BCUT2D eigenvalue weighted by Crippen LogP contribution is -2.55. The van der Waals surface area contributed by atoms with Crippen LogP contribution in [0, 0.1) is 40.9 Å². The Bertz CT molecular complexity index is 775. The zero-order chi connectivity index (χ0) is 21.1. The fraction of sp³-hybridized carbons (Fsp3) is 0.840. The van der Waals surface area contributed by atoms with Gasteiger partial charge in [-0.2, -0.15) is 5.10 Å². The van der Waals surface area contributed by atoms with Crippen molar-refractivity contribution in [1.29, 1.82) is 0 Å². The molecule has 9 atom stereocenters. The van der Waals surface area contributed by atoms with Crippen molar-refractivity contribution in [2.75, 3.05) is 7.11 Å². The van der Waals surface area contributed by atoms with Gasteiger partial charge in [0.25, 0.3) is 0 Å². The zero-order valence-electron chi connectivity index (χ0n) is 18.8. The zero-order valence-corrected chi connectivity index (χ0v) is 18.8. The maximum atomic E-state index is 13.2. The van der Waals surface area contributed by atoms with Crippen LogP contribution in [-0.2, 0) is 16.1 Å². The largest absolute Gasteiger partial charge is 0.387 e. The molecule has 4 aliphatic carbocycles. The molecule has 5 rings (SSSR count). The van der Waals surface area contributed by atoms with Gasteiger partial charge >= 0.3 is 0 Å². The highest BCUT2D eigenvalue weighted by Gasteiger charge is 2.59. The Morgan fingerprint density at radius 3 is 2.73 bits per heavy atom. The predicted octanol–water partition coefficient (Wildman–Crippen LogP) is 4.10. The Morgan fingerprint density at radius 1 is 1.17 bits per heavy atom. The van der Waals surface area contributed by atoms with Gasteiger partial charge in [-0.1, -0.05) is 6.92 Å². The minimum atomic E-state index is -0.691. The van der Waals surface area contributed by atoms with Crippen LogP contribution in [0.3, 0.4) is 0 Å². The molecule has 0 bridgehead atoms. The summed E-state index contributed by atoms with van der Waals surface area (Å²) in [5, 5.41) is 15.1. The van der Waals surface area contributed by atoms with Gasteiger partial charge < -0.3 is 9.84 Å². The summed E-state index contributed by atoms with van der Waals surface area (Å²) in [5.41, 5.74) is -0.539. The highest BCUT2D eigenvalue weighted by atomic mass is 16.5. The molecule has 0 aromatic carbocycles. The summed E-state index contributed by atoms with van der Waals surface area (Å²) < 4.78 is 7.52. The van der Waals surface area contributed by atoms with Crippen LogP contribution in [0.4, 0.5) is 0 Å². The van der Waals surface area contributed by atoms with Gasteiger partial charge in [-0.3, -0.25) is 9.48 Å². The number of carbonyl (C=O) groups is 1. The number of carbonyl (C=O) groups excluding carboxylic acids is 1. The van der Waals surface area contributed by atoms with Crippen LogP contribution in [-0.4, -0.2) is 39.5 Å². The minimum absolute atomic E-state index is 0.0437. The summed E-state index contributed by atoms with van der Waals surface area (Å²) >= 11 is 0. The van der Waals surface area contributed by atoms with Gasteiger partial charge in [-0.25, -0.2) is 0 Å². The van der Waals surface area contributed by atoms with Crippen LogP contribution in [0.15, 0.2) is 18.5 Å². The topological polar surface area (TPSA) is 64.4 Å². The lowest BCUT2D eigenvalue weighted by atomic mass is 9.48. The van der Waals surface area contributed by atoms with E-state index in [2.05, 4.69) is 12.0 Å². The van der Waals surface area contributed by atoms with Gasteiger partial charge in [0.2, 0.25) is 0 Å². The summed E-state index contributed by atoms with van der Waals surface area (Å²) in [6.45, 7) is 4.81. The molecule has 1 aromatic heterocycles. The van der Waals surface area contributed by atoms with E-state index in [0.29, 0.717) is 30.1 Å². The lowest BCUT2D eigenvalue weighted by molar-refractivity contribution is -0.165. The molecule has 0 spiro atoms. The number of Topliss-reactive ketones (excluding diaryl/α,β-unsaturated/α-hetero) is 1. The average Bonchev–Trinajstić information content (AvgIpc) is 3.33. The number of aliphatic hydroxyl groups is 1. The van der Waals surface area contributed by atoms with Gasteiger partial charge in [0, 0.05) is 25.4 Å². The number of methoxy groups -OCH3 is 1. The van der Waals surface area contributed by atoms with Crippen molar-refractivity contribution in [3.63, 3.8) is 0 Å². The van der Waals surface area contributed by atoms with Crippen LogP contribution < -0.4 is 0 Å². The summed E-state index contributed by atoms with van der Waals surface area (Å²) in [5.74, 6) is 4.04. The maximum absolute atomic E-state index is 13.2. The molecule has 1 N–H and O–H groups in total. The van der Waals surface area contributed by atoms with Crippen LogP contribution >= 0.6 is 0 Å². The van der Waals surface area contributed by atoms with Gasteiger partial charge in [0.15, 0.2) is 5.78 Å². The number of ether oxygens (including phenoxy) is 1. The molecule has 4 aliphatic rings. The Hall–Kier alpha value is -1.20. The number of rotatable bonds is 4. The second kappa shape index (κ2) is 7.44. The SMILES string of the molecule is CO[C@H]1C[C@H]2[C@H](CC[C@@H]3[C@@H]2CC[C@]2(C)[C@@H](C(=O)Cn4cccn4)CC[C@@H]32)C[C@]1(C)O. The Labute approximate surface area is 180 Å². The van der Waals surface area contributed by atoms with Crippen LogP contribution in [0.2, 0.25) is 0 Å². The minimum Gasteiger partial charge on any atom is -0.387 e. The molecule has 4 saturated carbocycles. The third-order valence-corrected chi connectivity index (χ3v) is 9.92. The number of ketones is 1. The molecule has 0 amide bonds. The molecule has 1 heterocycles. The summed E-state index contributed by atoms with van der Waals surface area (Å²) in [6.07, 6.45) is 12.7. The Kier molecular flexibility index (Phi) is 5.13. The first-order chi connectivity index (χ1) is 14.3. The van der Waals surface area contributed by atoms with Crippen LogP contribution in [0.5, 0.6) is 0 Å². The number of nitrogens with zero attached hydrogens (tertiary/aromatic N) is 2. The molecular formula is C25H38N2O3. The molecule has 0 aliphatic heterocycles. The fourth-order valence-electron chi connectivity index (χ4n) is 8.56. The molecule has 1 aromatic rings. The van der Waals surface area contributed by atoms with Crippen molar-refractivity contribution in [3.05, 3.63) is 18.5 Å². The summed E-state index contributed by atoms with van der Waals surface area (Å²) in [4.78, 5) is 13.2. The summed E-state index contributed by atoms with van der Waals surface area (Å²) in [6, 6.07) is 1.89. The molecule has 0 radical (unpaired) electrons. The molecular weight excluding hydrogens is 376 g/mol. The van der Waals surface area contributed by atoms with Gasteiger partial charge in [-0.15, -0.1) is 0 Å². The van der Waals surface area contributed by atoms with Gasteiger partial charge in [0.1, 0.15) is 0 Å². The van der Waals surface area contributed by atoms with E-state index in [9.17, 15) is 9.90 Å². The second-order valence-electron chi connectivity index (χ2n) is 11.3. The van der Waals surface area contributed by atoms with Crippen molar-refractivity contribution in [2.45, 2.75) is 83.5 Å². The summed E-state index contributed by atoms with van der Waals surface area (Å²) in [7, 11) is 1.75. The highest BCUT2D eigenvalue weighted by molar-refractivity contribution is 5.82. The van der Waals surface area contributed by atoms with Gasteiger partial charge in [-0.05, 0) is 99.4 Å². The van der Waals surface area contributed by atoms with Crippen LogP contribution in [0.25, 0.3) is 0 Å². The van der Waals surface area contributed by atoms with E-state index >= 15 is 0 Å². The first kappa shape index (κ1) is 20.7. The molecule has 0 saturated heterocycles. The first-order valence-corrected chi connectivity index (χ1v) is 12.1. The number of hydrogen-bond donors (Lipinski definition) is 1. The smallest absolute Gasteiger partial charge is 0.157 e. The molecule has 5 heteroatoms. The average molecular weight is 415 g/mol. The normalized spacial score (nSPS) is 47.9. The number of aromatic nitrogens is 2. The molecule has 166 valence electrons. The van der Waals surface area contributed by atoms with E-state index in [1.54, 1.807) is 18.0 Å². The standard InChI is InChI=1S/C25H38N2O3/c1-24-10-9-17-18(6-5-16-14-25(2,29)23(30-3)13-19(16)17)20(24)7-8-21(24)22(28)15-27-12-4-11-26-27/h4,11-12,16-21,23,29H,5-10,13-15H2,1-3H3/t16-,17+,18-,19+,20+,21-,23+,24+,25+/m1/s1. The number of hydrogen-bond acceptors (Lipinski definition) is 4. The highest BCUT2D eigenvalue weighted by Crippen LogP contribution is 2.64. The van der Waals surface area contributed by atoms with E-state index in [1.165, 1.54) is 32.1 Å². The van der Waals surface area contributed by atoms with E-state index in [-0.39, 0.29) is 17.4 Å². The predicted molar refractivity (Wildman–Crippen MR) is 115 cm³/mol. The second-order valence-corrected chi connectivity index (χ2v) is 11.3. The van der Waals surface area contributed by atoms with Crippen LogP contribution in [0.1, 0.15) is 65.2 Å². The third-order valence-electron chi connectivity index (χ3n) is 9.92. The fourth-order valence-corrected chi connectivity index (χ4v) is 8.56. The molecule has 30 heavy (non-hydrogen) atoms. The maximum Gasteiger partial charge on any atom is 0.157 e. The Morgan fingerprint density at radius 2 is 2.00 bits per heavy atom. The van der Waals surface area contributed by atoms with Crippen molar-refractivity contribution < 1.29 is 14.6 Å². The lowest BCUT2D eigenvalue weighted by Gasteiger charge is -2.58. The number of fused-ring (bicyclic) bond motifs is 5. The first-order valence-electron chi connectivity index (χ1n) is 12.1. The molecule has 5 nitrogen and oxygen atoms in total. The van der Waals surface area contributed by atoms with E-state index in [0.717, 1.165) is 31.1 Å². The monoisotopic (exact) mass is 414 g/mol. The molecule has 0 unspecified atom stereocenters.